The Balaban J connectivity index is 2.27. The Bertz CT molecular complexity index is 1690. The van der Waals surface area contributed by atoms with Crippen LogP contribution in [-0.2, 0) is 14.3 Å². The standard InChI is InChI=1S/C69H115NO8/c1-3-5-7-9-11-13-15-17-19-21-23-25-27-29-30-31-32-33-34-35-37-39-41-43-45-47-49-51-53-55-57-59-65(73)70-62(61-77-69-68(76)67(75)66(74)64(60-71)78-69)63(72)58-56-54-52-50-48-46-44-42-40-38-36-28-26-24-22-20-18-16-14-12-10-8-6-4-2/h5,7,11,13,17,19,23,25,29-30,32-33,35,37,40-43,48,50,56,58,62-64,66-69,71-72,74-76H,3-4,6,8-10,12,14-16,18,20-22,24,26-28,31,34,36,38-39,44-47,49,51-55,57,59-61H2,1-2H3,(H,70,73)/b7-5-,13-11-,19-17-,25-23-,30-29-,33-32-,37-35-,42-40+,43-41-,50-48+,58-56+. The van der Waals surface area contributed by atoms with Crippen molar-refractivity contribution in [1.82, 2.24) is 5.32 Å². The molecule has 7 unspecified atom stereocenters. The second-order valence-corrected chi connectivity index (χ2v) is 21.1. The Hall–Kier alpha value is -3.67. The second kappa shape index (κ2) is 56.6. The summed E-state index contributed by atoms with van der Waals surface area (Å²) in [5.41, 5.74) is 0. The highest BCUT2D eigenvalue weighted by molar-refractivity contribution is 5.76. The molecule has 444 valence electrons. The summed E-state index contributed by atoms with van der Waals surface area (Å²) < 4.78 is 11.3. The van der Waals surface area contributed by atoms with Crippen molar-refractivity contribution in [2.45, 2.75) is 281 Å². The van der Waals surface area contributed by atoms with E-state index in [4.69, 9.17) is 9.47 Å². The number of amides is 1. The van der Waals surface area contributed by atoms with Gasteiger partial charge in [-0.15, -0.1) is 0 Å². The molecule has 0 bridgehead atoms. The Morgan fingerprint density at radius 1 is 0.449 bits per heavy atom. The maximum atomic E-state index is 13.1. The van der Waals surface area contributed by atoms with Crippen LogP contribution in [0, 0.1) is 0 Å². The van der Waals surface area contributed by atoms with E-state index >= 15 is 0 Å². The molecule has 0 radical (unpaired) electrons. The van der Waals surface area contributed by atoms with Gasteiger partial charge in [0, 0.05) is 6.42 Å². The molecular weight excluding hydrogens is 971 g/mol. The third-order valence-electron chi connectivity index (χ3n) is 13.9. The van der Waals surface area contributed by atoms with Gasteiger partial charge in [0.25, 0.3) is 0 Å². The molecule has 1 aliphatic heterocycles. The molecule has 1 rings (SSSR count). The summed E-state index contributed by atoms with van der Waals surface area (Å²) in [6, 6.07) is -0.848. The van der Waals surface area contributed by atoms with Crippen molar-refractivity contribution in [2.24, 2.45) is 0 Å². The Morgan fingerprint density at radius 3 is 1.23 bits per heavy atom. The van der Waals surface area contributed by atoms with Gasteiger partial charge in [-0.1, -0.05) is 257 Å². The molecule has 1 saturated heterocycles. The van der Waals surface area contributed by atoms with Gasteiger partial charge < -0.3 is 40.3 Å². The summed E-state index contributed by atoms with van der Waals surface area (Å²) in [6.07, 6.45) is 79.5. The average Bonchev–Trinajstić information content (AvgIpc) is 3.45. The van der Waals surface area contributed by atoms with Crippen molar-refractivity contribution in [3.63, 3.8) is 0 Å². The quantitative estimate of drug-likeness (QED) is 0.0261. The van der Waals surface area contributed by atoms with Crippen molar-refractivity contribution >= 4 is 5.91 Å². The van der Waals surface area contributed by atoms with Gasteiger partial charge in [0.05, 0.1) is 25.4 Å². The topological polar surface area (TPSA) is 149 Å². The predicted molar refractivity (Wildman–Crippen MR) is 331 cm³/mol. The molecule has 78 heavy (non-hydrogen) atoms. The number of aliphatic hydroxyl groups excluding tert-OH is 5. The van der Waals surface area contributed by atoms with Crippen molar-refractivity contribution in [3.05, 3.63) is 134 Å². The molecule has 1 amide bonds. The lowest BCUT2D eigenvalue weighted by Crippen LogP contribution is -2.60. The molecule has 0 spiro atoms. The molecule has 1 fully saturated rings. The second-order valence-electron chi connectivity index (χ2n) is 21.1. The van der Waals surface area contributed by atoms with Crippen molar-refractivity contribution in [1.29, 1.82) is 0 Å². The number of hydrogen-bond donors (Lipinski definition) is 6. The SMILES string of the molecule is CC/C=C\C/C=C\C/C=C\C/C=C\C/C=C\C/C=C\C/C=C\C/C=C\CCCCCCCCC(=O)NC(COC1OC(CO)C(O)C(O)C1O)C(O)/C=C/CC/C=C/CC/C=C/CCCCCCCCCCCCCCCC. The lowest BCUT2D eigenvalue weighted by molar-refractivity contribution is -0.302. The highest BCUT2D eigenvalue weighted by atomic mass is 16.7. The molecule has 9 nitrogen and oxygen atoms in total. The molecule has 1 aliphatic rings. The van der Waals surface area contributed by atoms with Gasteiger partial charge in [0.1, 0.15) is 24.4 Å². The number of ether oxygens (including phenoxy) is 2. The summed E-state index contributed by atoms with van der Waals surface area (Å²) in [5.74, 6) is -0.210. The average molecular weight is 1090 g/mol. The molecule has 7 atom stereocenters. The summed E-state index contributed by atoms with van der Waals surface area (Å²) >= 11 is 0. The molecule has 6 N–H and O–H groups in total. The Labute approximate surface area is 477 Å². The van der Waals surface area contributed by atoms with E-state index in [1.54, 1.807) is 6.08 Å². The van der Waals surface area contributed by atoms with Crippen LogP contribution in [0.3, 0.4) is 0 Å². The number of unbranched alkanes of at least 4 members (excludes halogenated alkanes) is 22. The first-order valence-corrected chi connectivity index (χ1v) is 31.4. The van der Waals surface area contributed by atoms with Gasteiger partial charge >= 0.3 is 0 Å². The smallest absolute Gasteiger partial charge is 0.220 e. The Morgan fingerprint density at radius 2 is 0.808 bits per heavy atom. The normalized spacial score (nSPS) is 19.6. The number of carbonyl (C=O) groups is 1. The molecule has 0 aromatic rings. The van der Waals surface area contributed by atoms with E-state index in [-0.39, 0.29) is 12.5 Å². The largest absolute Gasteiger partial charge is 0.394 e. The number of rotatable bonds is 52. The lowest BCUT2D eigenvalue weighted by Gasteiger charge is -2.40. The number of nitrogens with one attached hydrogen (secondary N) is 1. The van der Waals surface area contributed by atoms with Crippen LogP contribution in [0.15, 0.2) is 134 Å². The highest BCUT2D eigenvalue weighted by Gasteiger charge is 2.44. The first kappa shape index (κ1) is 72.3. The summed E-state index contributed by atoms with van der Waals surface area (Å²) in [7, 11) is 0. The number of aliphatic hydroxyl groups is 5. The minimum absolute atomic E-state index is 0.210. The molecule has 0 aliphatic carbocycles. The van der Waals surface area contributed by atoms with Crippen LogP contribution in [0.4, 0.5) is 0 Å². The summed E-state index contributed by atoms with van der Waals surface area (Å²) in [4.78, 5) is 13.1. The third kappa shape index (κ3) is 45.1. The molecule has 0 saturated carbocycles. The Kier molecular flexibility index (Phi) is 52.5. The van der Waals surface area contributed by atoms with Crippen molar-refractivity contribution in [3.8, 4) is 0 Å². The molecular formula is C69H115NO8. The zero-order chi connectivity index (χ0) is 56.5. The molecule has 0 aromatic heterocycles. The molecule has 9 heteroatoms. The fourth-order valence-electron chi connectivity index (χ4n) is 9.03. The van der Waals surface area contributed by atoms with Gasteiger partial charge in [-0.2, -0.15) is 0 Å². The minimum Gasteiger partial charge on any atom is -0.394 e. The van der Waals surface area contributed by atoms with Crippen molar-refractivity contribution < 1.29 is 39.8 Å². The molecule has 1 heterocycles. The number of allylic oxidation sites excluding steroid dienone is 21. The van der Waals surface area contributed by atoms with Gasteiger partial charge in [0.15, 0.2) is 6.29 Å². The first-order chi connectivity index (χ1) is 38.3. The van der Waals surface area contributed by atoms with Gasteiger partial charge in [-0.25, -0.2) is 0 Å². The van der Waals surface area contributed by atoms with Crippen molar-refractivity contribution in [2.75, 3.05) is 13.2 Å². The van der Waals surface area contributed by atoms with Crippen LogP contribution >= 0.6 is 0 Å². The lowest BCUT2D eigenvalue weighted by atomic mass is 9.99. The van der Waals surface area contributed by atoms with E-state index in [1.807, 2.05) is 6.08 Å². The van der Waals surface area contributed by atoms with Gasteiger partial charge in [-0.3, -0.25) is 4.79 Å². The summed E-state index contributed by atoms with van der Waals surface area (Å²) in [6.45, 7) is 3.64. The van der Waals surface area contributed by atoms with E-state index in [1.165, 1.54) is 89.9 Å². The zero-order valence-electron chi connectivity index (χ0n) is 49.4. The minimum atomic E-state index is -1.59. The predicted octanol–water partition coefficient (Wildman–Crippen LogP) is 16.5. The monoisotopic (exact) mass is 1090 g/mol. The first-order valence-electron chi connectivity index (χ1n) is 31.4. The van der Waals surface area contributed by atoms with E-state index in [2.05, 4.69) is 141 Å². The van der Waals surface area contributed by atoms with Gasteiger partial charge in [-0.05, 0) is 109 Å². The van der Waals surface area contributed by atoms with Crippen LogP contribution in [0.25, 0.3) is 0 Å². The fourth-order valence-corrected chi connectivity index (χ4v) is 9.03. The van der Waals surface area contributed by atoms with E-state index in [0.29, 0.717) is 6.42 Å². The van der Waals surface area contributed by atoms with Gasteiger partial charge in [0.2, 0.25) is 5.91 Å². The van der Waals surface area contributed by atoms with E-state index in [0.717, 1.165) is 128 Å². The van der Waals surface area contributed by atoms with Crippen LogP contribution < -0.4 is 5.32 Å². The van der Waals surface area contributed by atoms with E-state index < -0.39 is 49.5 Å². The van der Waals surface area contributed by atoms with Crippen LogP contribution in [0.1, 0.15) is 239 Å². The number of hydrogen-bond acceptors (Lipinski definition) is 8. The zero-order valence-corrected chi connectivity index (χ0v) is 49.4. The maximum absolute atomic E-state index is 13.1. The highest BCUT2D eigenvalue weighted by Crippen LogP contribution is 2.23. The van der Waals surface area contributed by atoms with Crippen LogP contribution in [0.2, 0.25) is 0 Å². The van der Waals surface area contributed by atoms with E-state index in [9.17, 15) is 30.3 Å². The summed E-state index contributed by atoms with van der Waals surface area (Å²) in [5, 5.41) is 54.6. The van der Waals surface area contributed by atoms with Crippen LogP contribution in [0.5, 0.6) is 0 Å². The third-order valence-corrected chi connectivity index (χ3v) is 13.9. The molecule has 0 aromatic carbocycles. The van der Waals surface area contributed by atoms with Crippen LogP contribution in [-0.4, -0.2) is 87.5 Å². The number of carbonyl (C=O) groups excluding carboxylic acids is 1. The maximum Gasteiger partial charge on any atom is 0.220 e. The fraction of sp³-hybridized carbons (Fsp3) is 0.667.